The summed E-state index contributed by atoms with van der Waals surface area (Å²) in [6, 6.07) is 0. The van der Waals surface area contributed by atoms with Crippen molar-refractivity contribution in [2.75, 3.05) is 66.1 Å². The number of aliphatic hydroxyl groups is 9. The zero-order valence-corrected chi connectivity index (χ0v) is 95.4. The molecule has 856 valence electrons. The van der Waals surface area contributed by atoms with E-state index in [0.29, 0.717) is 110 Å². The molecule has 25 heteroatoms. The number of carbonyl (C=O) groups is 8. The smallest absolute Gasteiger partial charge is 0.306 e. The highest BCUT2D eigenvalue weighted by Crippen LogP contribution is 2.20. The van der Waals surface area contributed by atoms with Gasteiger partial charge in [-0.25, -0.2) is 0 Å². The SMILES string of the molecule is CC(CO)COC(=O)CCCCCCC/C=C\CCCCCCO.CCCCCCC(=O)OC(CC)CO.CCCCCCCC(=O)OC(CC)CO.CCCCCCCCC(=O)OC(CC)CO.CCCCCCCCCC(=O)OC(CC)CO.CCCCCCCCCCC(=O)OC(CC)CO.CCCCCCCCCCCC(=O)OC(CC)CO.CCCCCCCCCCCCC(=O)OC(CC)CO. The fraction of sp³-hybridized carbons (Fsp3) is 0.915. The quantitative estimate of drug-likeness (QED) is 0.0118. The molecule has 8 unspecified atom stereocenters. The molecule has 8 atom stereocenters. The molecule has 0 aromatic carbocycles. The molecule has 0 saturated carbocycles. The van der Waals surface area contributed by atoms with Crippen LogP contribution in [-0.2, 0) is 76.3 Å². The zero-order valence-electron chi connectivity index (χ0n) is 95.4. The summed E-state index contributed by atoms with van der Waals surface area (Å²) in [5, 5.41) is 79.7. The number of rotatable bonds is 94. The molecule has 0 aliphatic carbocycles. The Morgan fingerprint density at radius 1 is 0.182 bits per heavy atom. The van der Waals surface area contributed by atoms with Crippen LogP contribution >= 0.6 is 0 Å². The molecular formula is C118H234O25. The van der Waals surface area contributed by atoms with E-state index >= 15 is 0 Å². The van der Waals surface area contributed by atoms with Crippen molar-refractivity contribution in [1.29, 1.82) is 0 Å². The summed E-state index contributed by atoms with van der Waals surface area (Å²) in [6.07, 6.45) is 82.5. The van der Waals surface area contributed by atoms with E-state index in [2.05, 4.69) is 60.6 Å². The monoisotopic (exact) mass is 2050 g/mol. The summed E-state index contributed by atoms with van der Waals surface area (Å²) in [7, 11) is 0. The molecule has 0 saturated heterocycles. The number of esters is 8. The van der Waals surface area contributed by atoms with Crippen molar-refractivity contribution in [2.24, 2.45) is 5.92 Å². The first-order chi connectivity index (χ1) is 69.4. The van der Waals surface area contributed by atoms with Crippen molar-refractivity contribution >= 4 is 47.8 Å². The third-order valence-corrected chi connectivity index (χ3v) is 24.6. The van der Waals surface area contributed by atoms with E-state index < -0.39 is 0 Å². The molecule has 0 heterocycles. The lowest BCUT2D eigenvalue weighted by Gasteiger charge is -2.12. The van der Waals surface area contributed by atoms with Gasteiger partial charge in [0.25, 0.3) is 0 Å². The number of hydrogen-bond acceptors (Lipinski definition) is 25. The molecule has 0 radical (unpaired) electrons. The van der Waals surface area contributed by atoms with Gasteiger partial charge in [-0.3, -0.25) is 38.4 Å². The first kappa shape index (κ1) is 153. The van der Waals surface area contributed by atoms with Crippen LogP contribution in [-0.4, -0.2) is 203 Å². The Hall–Kier alpha value is -4.86. The minimum Gasteiger partial charge on any atom is -0.465 e. The Balaban J connectivity index is -0.000000244. The number of unbranched alkanes of at least 4 members (excludes halogenated alkanes) is 51. The second-order valence-corrected chi connectivity index (χ2v) is 38.7. The Labute approximate surface area is 877 Å². The minimum absolute atomic E-state index is 0.0301. The molecule has 143 heavy (non-hydrogen) atoms. The van der Waals surface area contributed by atoms with Crippen molar-refractivity contribution in [3.8, 4) is 0 Å². The van der Waals surface area contributed by atoms with Gasteiger partial charge in [-0.2, -0.15) is 0 Å². The fourth-order valence-corrected chi connectivity index (χ4v) is 14.4. The normalized spacial score (nSPS) is 12.4. The molecule has 0 fully saturated rings. The highest BCUT2D eigenvalue weighted by molar-refractivity contribution is 5.72. The molecule has 0 aliphatic rings. The van der Waals surface area contributed by atoms with Crippen LogP contribution in [0, 0.1) is 5.92 Å². The molecule has 25 nitrogen and oxygen atoms in total. The summed E-state index contributed by atoms with van der Waals surface area (Å²) in [6.45, 7) is 30.8. The lowest BCUT2D eigenvalue weighted by atomic mass is 10.1. The van der Waals surface area contributed by atoms with Crippen LogP contribution < -0.4 is 0 Å². The van der Waals surface area contributed by atoms with Crippen LogP contribution in [0.25, 0.3) is 0 Å². The number of hydrogen-bond donors (Lipinski definition) is 9. The van der Waals surface area contributed by atoms with Gasteiger partial charge in [0.15, 0.2) is 0 Å². The average molecular weight is 2050 g/mol. The molecule has 0 spiro atoms. The molecule has 0 amide bonds. The molecule has 0 aromatic heterocycles. The van der Waals surface area contributed by atoms with Gasteiger partial charge in [0.1, 0.15) is 42.7 Å². The maximum Gasteiger partial charge on any atom is 0.306 e. The Kier molecular flexibility index (Phi) is 143. The van der Waals surface area contributed by atoms with Crippen LogP contribution in [0.4, 0.5) is 0 Å². The van der Waals surface area contributed by atoms with Crippen LogP contribution in [0.5, 0.6) is 0 Å². The molecule has 0 aromatic rings. The van der Waals surface area contributed by atoms with E-state index in [-0.39, 0.29) is 149 Å². The van der Waals surface area contributed by atoms with Gasteiger partial charge in [0.05, 0.1) is 52.9 Å². The minimum atomic E-state index is -0.314. The molecule has 0 aliphatic heterocycles. The Bertz CT molecular complexity index is 2550. The maximum atomic E-state index is 11.5. The van der Waals surface area contributed by atoms with Gasteiger partial charge in [0, 0.05) is 70.5 Å². The van der Waals surface area contributed by atoms with E-state index in [9.17, 15) is 38.4 Å². The highest BCUT2D eigenvalue weighted by atomic mass is 16.6. The summed E-state index contributed by atoms with van der Waals surface area (Å²) >= 11 is 0. The summed E-state index contributed by atoms with van der Waals surface area (Å²) < 4.78 is 40.8. The number of allylic oxidation sites excluding steroid dienone is 2. The summed E-state index contributed by atoms with van der Waals surface area (Å²) in [5.74, 6) is -1.29. The van der Waals surface area contributed by atoms with Gasteiger partial charge < -0.3 is 83.9 Å². The van der Waals surface area contributed by atoms with Gasteiger partial charge in [-0.1, -0.05) is 418 Å². The van der Waals surface area contributed by atoms with Gasteiger partial charge >= 0.3 is 47.8 Å². The Morgan fingerprint density at radius 3 is 0.469 bits per heavy atom. The van der Waals surface area contributed by atoms with Crippen molar-refractivity contribution < 1.29 is 122 Å². The molecule has 0 bridgehead atoms. The zero-order chi connectivity index (χ0) is 108. The highest BCUT2D eigenvalue weighted by Gasteiger charge is 2.18. The van der Waals surface area contributed by atoms with E-state index in [1.165, 1.54) is 257 Å². The van der Waals surface area contributed by atoms with Gasteiger partial charge in [-0.15, -0.1) is 0 Å². The van der Waals surface area contributed by atoms with Crippen molar-refractivity contribution in [3.05, 3.63) is 12.2 Å². The van der Waals surface area contributed by atoms with Crippen LogP contribution in [0.15, 0.2) is 12.2 Å². The molecule has 9 N–H and O–H groups in total. The first-order valence-electron chi connectivity index (χ1n) is 59.0. The van der Waals surface area contributed by atoms with E-state index in [1.54, 1.807) is 0 Å². The predicted molar refractivity (Wildman–Crippen MR) is 588 cm³/mol. The van der Waals surface area contributed by atoms with Crippen molar-refractivity contribution in [3.63, 3.8) is 0 Å². The lowest BCUT2D eigenvalue weighted by molar-refractivity contribution is -0.152. The van der Waals surface area contributed by atoms with E-state index in [1.807, 2.05) is 55.4 Å². The maximum absolute atomic E-state index is 11.5. The third kappa shape index (κ3) is 133. The van der Waals surface area contributed by atoms with E-state index in [4.69, 9.17) is 83.9 Å². The average Bonchev–Trinajstić information content (AvgIpc) is 0.995. The second kappa shape index (κ2) is 133. The molecular weight excluding hydrogens is 1820 g/mol. The number of carbonyl (C=O) groups excluding carboxylic acids is 8. The Morgan fingerprint density at radius 2 is 0.322 bits per heavy atom. The molecule has 0 rings (SSSR count). The predicted octanol–water partition coefficient (Wildman–Crippen LogP) is 28.5. The standard InChI is InChI=1S/C20H38O4.C17H34O3.C16H32O3.C15H30O3.C14H28O3.C13H26O3.C12H24O3.C11H22O3/c1-19(17-22)18-24-20(23)15-13-11-9-7-5-3-2-4-6-8-10-12-14-16-21;1-3-5-6-7-8-9-10-11-12-13-14-17(19)20-16(4-2)15-18;1-3-5-6-7-8-9-10-11-12-13-16(18)19-15(4-2)14-17;1-3-5-6-7-8-9-10-11-12-15(17)18-14(4-2)13-16;1-3-5-6-7-8-9-10-11-14(16)17-13(4-2)12-15;1-3-5-6-7-8-9-10-13(15)16-12(4-2)11-14;1-3-5-6-7-8-9-12(14)15-11(4-2)10-13;1-3-5-6-7-8-11(13)14-10(4-2)9-12/h2,4,19,21-22H,3,5-18H2,1H3;16,18H,3-15H2,1-2H3;15,17H,3-14H2,1-2H3;14,16H,3-13H2,1-2H3;13,15H,3-12H2,1-2H3;12,14H,3-11H2,1-2H3;11,13H,3-10H2,1-2H3;10,12H,3-9H2,1-2H3/b4-2-;;;;;;;. The summed E-state index contributed by atoms with van der Waals surface area (Å²) in [4.78, 5) is 91.0. The van der Waals surface area contributed by atoms with Crippen LogP contribution in [0.2, 0.25) is 0 Å². The topological polar surface area (TPSA) is 392 Å². The van der Waals surface area contributed by atoms with Crippen LogP contribution in [0.1, 0.15) is 585 Å². The van der Waals surface area contributed by atoms with E-state index in [0.717, 1.165) is 128 Å². The summed E-state index contributed by atoms with van der Waals surface area (Å²) in [5.41, 5.74) is 0. The number of aliphatic hydroxyl groups excluding tert-OH is 9. The fourth-order valence-electron chi connectivity index (χ4n) is 14.4. The van der Waals surface area contributed by atoms with Crippen LogP contribution in [0.3, 0.4) is 0 Å². The lowest BCUT2D eigenvalue weighted by Crippen LogP contribution is -2.20. The van der Waals surface area contributed by atoms with Crippen molar-refractivity contribution in [1.82, 2.24) is 0 Å². The van der Waals surface area contributed by atoms with Gasteiger partial charge in [0.2, 0.25) is 0 Å². The van der Waals surface area contributed by atoms with Crippen molar-refractivity contribution in [2.45, 2.75) is 628 Å². The third-order valence-electron chi connectivity index (χ3n) is 24.6. The van der Waals surface area contributed by atoms with Gasteiger partial charge in [-0.05, 0) is 128 Å². The first-order valence-corrected chi connectivity index (χ1v) is 59.0. The number of ether oxygens (including phenoxy) is 8. The largest absolute Gasteiger partial charge is 0.465 e. The second-order valence-electron chi connectivity index (χ2n) is 38.7.